The molecule has 0 N–H and O–H groups in total. The van der Waals surface area contributed by atoms with E-state index in [2.05, 4.69) is 33.8 Å². The number of furan rings is 1. The van der Waals surface area contributed by atoms with E-state index in [1.807, 2.05) is 39.8 Å². The van der Waals surface area contributed by atoms with Crippen LogP contribution in [0.1, 0.15) is 55.4 Å². The van der Waals surface area contributed by atoms with E-state index in [1.54, 1.807) is 6.26 Å². The van der Waals surface area contributed by atoms with E-state index in [0.29, 0.717) is 0 Å². The summed E-state index contributed by atoms with van der Waals surface area (Å²) in [5.41, 5.74) is 0.941. The second kappa shape index (κ2) is 5.63. The highest BCUT2D eigenvalue weighted by molar-refractivity contribution is 6.68. The number of benzene rings is 1. The maximum absolute atomic E-state index is 6.26. The SMILES string of the molecule is CC1(C)OB(c2cc(B3OC(C)(C)C(C)(C)O3)c3occc3c2)OC1(C)C. The van der Waals surface area contributed by atoms with Crippen LogP contribution in [0, 0.1) is 0 Å². The van der Waals surface area contributed by atoms with E-state index in [-0.39, 0.29) is 0 Å². The fraction of sp³-hybridized carbons (Fsp3) is 0.600. The van der Waals surface area contributed by atoms with Gasteiger partial charge < -0.3 is 23.0 Å². The van der Waals surface area contributed by atoms with Crippen molar-refractivity contribution >= 4 is 36.1 Å². The Kier molecular flexibility index (Phi) is 3.98. The zero-order valence-electron chi connectivity index (χ0n) is 17.5. The number of hydrogen-bond acceptors (Lipinski definition) is 5. The topological polar surface area (TPSA) is 50.1 Å². The summed E-state index contributed by atoms with van der Waals surface area (Å²) in [6, 6.07) is 6.02. The predicted molar refractivity (Wildman–Crippen MR) is 108 cm³/mol. The molecule has 1 aromatic carbocycles. The third kappa shape index (κ3) is 2.87. The van der Waals surface area contributed by atoms with Crippen LogP contribution in [0.15, 0.2) is 28.9 Å². The highest BCUT2D eigenvalue weighted by atomic mass is 16.7. The molecule has 2 saturated heterocycles. The number of rotatable bonds is 2. The van der Waals surface area contributed by atoms with Crippen molar-refractivity contribution in [2.24, 2.45) is 0 Å². The Bertz CT molecular complexity index is 852. The quantitative estimate of drug-likeness (QED) is 0.761. The first-order chi connectivity index (χ1) is 12.3. The summed E-state index contributed by atoms with van der Waals surface area (Å²) in [7, 11) is -0.957. The van der Waals surface area contributed by atoms with Gasteiger partial charge in [-0.05, 0) is 66.9 Å². The number of hydrogen-bond donors (Lipinski definition) is 0. The fourth-order valence-corrected chi connectivity index (χ4v) is 3.39. The van der Waals surface area contributed by atoms with Crippen LogP contribution in [0.5, 0.6) is 0 Å². The van der Waals surface area contributed by atoms with Crippen molar-refractivity contribution in [2.45, 2.75) is 77.8 Å². The monoisotopic (exact) mass is 370 g/mol. The van der Waals surface area contributed by atoms with Crippen molar-refractivity contribution in [3.8, 4) is 0 Å². The molecule has 2 aromatic rings. The van der Waals surface area contributed by atoms with Gasteiger partial charge in [-0.2, -0.15) is 0 Å². The molecule has 2 aliphatic heterocycles. The molecule has 0 saturated carbocycles. The first-order valence-corrected chi connectivity index (χ1v) is 9.55. The van der Waals surface area contributed by atoms with Crippen molar-refractivity contribution in [3.63, 3.8) is 0 Å². The minimum Gasteiger partial charge on any atom is -0.465 e. The molecule has 0 amide bonds. The molecule has 27 heavy (non-hydrogen) atoms. The molecule has 0 atom stereocenters. The lowest BCUT2D eigenvalue weighted by atomic mass is 9.71. The van der Waals surface area contributed by atoms with E-state index in [1.165, 1.54) is 0 Å². The second-order valence-electron chi connectivity index (χ2n) is 9.63. The van der Waals surface area contributed by atoms with Gasteiger partial charge in [0.25, 0.3) is 0 Å². The number of fused-ring (bicyclic) bond motifs is 1. The smallest absolute Gasteiger partial charge is 0.465 e. The Labute approximate surface area is 162 Å². The van der Waals surface area contributed by atoms with Crippen LogP contribution in [-0.4, -0.2) is 36.6 Å². The molecule has 0 unspecified atom stereocenters. The molecule has 1 aromatic heterocycles. The molecule has 144 valence electrons. The van der Waals surface area contributed by atoms with E-state index in [4.69, 9.17) is 23.0 Å². The van der Waals surface area contributed by atoms with Crippen molar-refractivity contribution in [1.82, 2.24) is 0 Å². The minimum absolute atomic E-state index is 0.395. The van der Waals surface area contributed by atoms with Gasteiger partial charge in [-0.15, -0.1) is 0 Å². The Hall–Kier alpha value is -1.27. The van der Waals surface area contributed by atoms with Crippen LogP contribution in [0.2, 0.25) is 0 Å². The van der Waals surface area contributed by atoms with Gasteiger partial charge in [0.15, 0.2) is 0 Å². The molecule has 3 heterocycles. The Balaban J connectivity index is 1.76. The van der Waals surface area contributed by atoms with E-state index in [0.717, 1.165) is 21.9 Å². The molecule has 4 rings (SSSR count). The zero-order valence-corrected chi connectivity index (χ0v) is 17.5. The summed E-state index contributed by atoms with van der Waals surface area (Å²) in [5, 5.41) is 0.979. The summed E-state index contributed by atoms with van der Waals surface area (Å²) in [6.07, 6.45) is 1.69. The van der Waals surface area contributed by atoms with Crippen LogP contribution >= 0.6 is 0 Å². The molecule has 0 aliphatic carbocycles. The molecule has 2 fully saturated rings. The minimum atomic E-state index is -0.508. The maximum Gasteiger partial charge on any atom is 0.498 e. The van der Waals surface area contributed by atoms with E-state index in [9.17, 15) is 0 Å². The fourth-order valence-electron chi connectivity index (χ4n) is 3.39. The van der Waals surface area contributed by atoms with Crippen molar-refractivity contribution in [1.29, 1.82) is 0 Å². The van der Waals surface area contributed by atoms with Gasteiger partial charge in [-0.3, -0.25) is 0 Å². The lowest BCUT2D eigenvalue weighted by Crippen LogP contribution is -2.41. The zero-order chi connectivity index (χ0) is 19.8. The van der Waals surface area contributed by atoms with Crippen LogP contribution in [0.3, 0.4) is 0 Å². The van der Waals surface area contributed by atoms with E-state index < -0.39 is 36.6 Å². The molecule has 7 heteroatoms. The molecule has 5 nitrogen and oxygen atoms in total. The van der Waals surface area contributed by atoms with Gasteiger partial charge in [0.2, 0.25) is 0 Å². The second-order valence-corrected chi connectivity index (χ2v) is 9.63. The van der Waals surface area contributed by atoms with Crippen molar-refractivity contribution in [3.05, 3.63) is 24.5 Å². The Morgan fingerprint density at radius 1 is 0.667 bits per heavy atom. The molecule has 0 bridgehead atoms. The van der Waals surface area contributed by atoms with E-state index >= 15 is 0 Å². The third-order valence-electron chi connectivity index (χ3n) is 6.63. The molecule has 0 radical (unpaired) electrons. The van der Waals surface area contributed by atoms with Crippen LogP contribution in [0.25, 0.3) is 11.0 Å². The first-order valence-electron chi connectivity index (χ1n) is 9.55. The summed E-state index contributed by atoms with van der Waals surface area (Å²) in [6.45, 7) is 16.4. The lowest BCUT2D eigenvalue weighted by molar-refractivity contribution is 0.00578. The molecular formula is C20H28B2O5. The third-order valence-corrected chi connectivity index (χ3v) is 6.63. The average molecular weight is 370 g/mol. The summed E-state index contributed by atoms with van der Waals surface area (Å²) < 4.78 is 30.8. The van der Waals surface area contributed by atoms with Crippen molar-refractivity contribution in [2.75, 3.05) is 0 Å². The standard InChI is InChI=1S/C20H28B2O5/c1-17(2)18(3,4)25-21(24-17)14-11-13-9-10-23-16(13)15(12-14)22-26-19(5,6)20(7,8)27-22/h9-12H,1-8H3. The normalized spacial score (nSPS) is 25.5. The van der Waals surface area contributed by atoms with Gasteiger partial charge >= 0.3 is 14.2 Å². The van der Waals surface area contributed by atoms with Gasteiger partial charge in [-0.1, -0.05) is 12.1 Å². The van der Waals surface area contributed by atoms with Crippen molar-refractivity contribution < 1.29 is 23.0 Å². The summed E-state index contributed by atoms with van der Waals surface area (Å²) in [4.78, 5) is 0. The van der Waals surface area contributed by atoms with Gasteiger partial charge in [0.05, 0.1) is 28.7 Å². The van der Waals surface area contributed by atoms with Crippen LogP contribution in [0.4, 0.5) is 0 Å². The molecule has 2 aliphatic rings. The van der Waals surface area contributed by atoms with Gasteiger partial charge in [0.1, 0.15) is 5.58 Å². The predicted octanol–water partition coefficient (Wildman–Crippen LogP) is 3.03. The largest absolute Gasteiger partial charge is 0.498 e. The van der Waals surface area contributed by atoms with Gasteiger partial charge in [0, 0.05) is 10.8 Å². The highest BCUT2D eigenvalue weighted by Crippen LogP contribution is 2.38. The summed E-state index contributed by atoms with van der Waals surface area (Å²) >= 11 is 0. The molecule has 0 spiro atoms. The van der Waals surface area contributed by atoms with Gasteiger partial charge in [-0.25, -0.2) is 0 Å². The molecular weight excluding hydrogens is 342 g/mol. The highest BCUT2D eigenvalue weighted by Gasteiger charge is 2.54. The summed E-state index contributed by atoms with van der Waals surface area (Å²) in [5.74, 6) is 0. The maximum atomic E-state index is 6.26. The Morgan fingerprint density at radius 2 is 1.15 bits per heavy atom. The van der Waals surface area contributed by atoms with Crippen LogP contribution in [-0.2, 0) is 18.6 Å². The lowest BCUT2D eigenvalue weighted by Gasteiger charge is -2.32. The van der Waals surface area contributed by atoms with Crippen LogP contribution < -0.4 is 10.9 Å². The average Bonchev–Trinajstić information content (AvgIpc) is 3.12. The Morgan fingerprint density at radius 3 is 1.67 bits per heavy atom. The first kappa shape index (κ1) is 19.1.